The average molecular weight is 262 g/mol. The van der Waals surface area contributed by atoms with Crippen molar-refractivity contribution < 1.29 is 14.3 Å². The van der Waals surface area contributed by atoms with Crippen molar-refractivity contribution in [3.8, 4) is 0 Å². The minimum absolute atomic E-state index is 0.218. The maximum absolute atomic E-state index is 11.9. The zero-order chi connectivity index (χ0) is 14.0. The van der Waals surface area contributed by atoms with Crippen LogP contribution in [-0.4, -0.2) is 23.6 Å². The maximum atomic E-state index is 11.9. The lowest BCUT2D eigenvalue weighted by molar-refractivity contribution is -0.118. The second-order valence-corrected chi connectivity index (χ2v) is 5.55. The van der Waals surface area contributed by atoms with Crippen LogP contribution in [0.3, 0.4) is 0 Å². The molecule has 0 radical (unpaired) electrons. The molecule has 1 atom stereocenters. The molecule has 2 N–H and O–H groups in total. The minimum Gasteiger partial charge on any atom is -0.444 e. The van der Waals surface area contributed by atoms with Gasteiger partial charge in [-0.25, -0.2) is 4.79 Å². The number of alkyl carbamates (subject to hydrolysis) is 1. The summed E-state index contributed by atoms with van der Waals surface area (Å²) < 4.78 is 5.15. The van der Waals surface area contributed by atoms with E-state index in [1.165, 1.54) is 0 Å². The highest BCUT2D eigenvalue weighted by molar-refractivity contribution is 5.99. The van der Waals surface area contributed by atoms with Crippen molar-refractivity contribution in [2.75, 3.05) is 5.32 Å². The van der Waals surface area contributed by atoms with Crippen LogP contribution >= 0.6 is 0 Å². The van der Waals surface area contributed by atoms with Crippen LogP contribution in [0.2, 0.25) is 0 Å². The fraction of sp³-hybridized carbons (Fsp3) is 0.429. The molecule has 1 aliphatic rings. The maximum Gasteiger partial charge on any atom is 0.408 e. The van der Waals surface area contributed by atoms with Crippen molar-refractivity contribution in [2.45, 2.75) is 38.8 Å². The van der Waals surface area contributed by atoms with Crippen LogP contribution in [0.25, 0.3) is 0 Å². The van der Waals surface area contributed by atoms with E-state index in [-0.39, 0.29) is 5.91 Å². The molecule has 1 heterocycles. The molecule has 2 rings (SSSR count). The van der Waals surface area contributed by atoms with Crippen molar-refractivity contribution in [2.24, 2.45) is 0 Å². The highest BCUT2D eigenvalue weighted by Crippen LogP contribution is 2.22. The lowest BCUT2D eigenvalue weighted by Gasteiger charge is -2.27. The summed E-state index contributed by atoms with van der Waals surface area (Å²) in [7, 11) is 0. The Morgan fingerprint density at radius 2 is 2.05 bits per heavy atom. The van der Waals surface area contributed by atoms with Crippen molar-refractivity contribution in [3.05, 3.63) is 29.8 Å². The van der Waals surface area contributed by atoms with E-state index in [1.54, 1.807) is 20.8 Å². The Labute approximate surface area is 112 Å². The first kappa shape index (κ1) is 13.4. The summed E-state index contributed by atoms with van der Waals surface area (Å²) in [4.78, 5) is 23.5. The number of hydrogen-bond donors (Lipinski definition) is 2. The standard InChI is InChI=1S/C14H18N2O3/c1-14(2,3)19-13(18)16-11-8-9-6-4-5-7-10(9)15-12(11)17/h4-7,11H,8H2,1-3H3,(H,15,17)(H,16,18)/t11-/m0/s1. The van der Waals surface area contributed by atoms with Gasteiger partial charge in [-0.15, -0.1) is 0 Å². The van der Waals surface area contributed by atoms with E-state index < -0.39 is 17.7 Å². The Bertz CT molecular complexity index is 506. The number of carbonyl (C=O) groups excluding carboxylic acids is 2. The Morgan fingerprint density at radius 1 is 1.37 bits per heavy atom. The second-order valence-electron chi connectivity index (χ2n) is 5.55. The zero-order valence-electron chi connectivity index (χ0n) is 11.3. The highest BCUT2D eigenvalue weighted by atomic mass is 16.6. The molecule has 0 saturated carbocycles. The fourth-order valence-corrected chi connectivity index (χ4v) is 1.92. The van der Waals surface area contributed by atoms with Crippen molar-refractivity contribution in [1.82, 2.24) is 5.32 Å². The van der Waals surface area contributed by atoms with E-state index in [0.717, 1.165) is 11.3 Å². The van der Waals surface area contributed by atoms with Gasteiger partial charge in [-0.05, 0) is 32.4 Å². The second kappa shape index (κ2) is 4.91. The van der Waals surface area contributed by atoms with Crippen LogP contribution < -0.4 is 10.6 Å². The van der Waals surface area contributed by atoms with Crippen LogP contribution in [0, 0.1) is 0 Å². The number of carbonyl (C=O) groups is 2. The Morgan fingerprint density at radius 3 is 2.74 bits per heavy atom. The number of amides is 2. The number of nitrogens with one attached hydrogen (secondary N) is 2. The van der Waals surface area contributed by atoms with Gasteiger partial charge in [0.05, 0.1) is 0 Å². The molecule has 0 bridgehead atoms. The topological polar surface area (TPSA) is 67.4 Å². The number of ether oxygens (including phenoxy) is 1. The fourth-order valence-electron chi connectivity index (χ4n) is 1.92. The predicted octanol–water partition coefficient (Wildman–Crippen LogP) is 2.07. The van der Waals surface area contributed by atoms with E-state index in [2.05, 4.69) is 10.6 Å². The zero-order valence-corrected chi connectivity index (χ0v) is 11.3. The van der Waals surface area contributed by atoms with Crippen LogP contribution in [-0.2, 0) is 16.0 Å². The lowest BCUT2D eigenvalue weighted by atomic mass is 9.99. The first-order chi connectivity index (χ1) is 8.85. The third-order valence-corrected chi connectivity index (χ3v) is 2.71. The quantitative estimate of drug-likeness (QED) is 0.814. The number of para-hydroxylation sites is 1. The van der Waals surface area contributed by atoms with Gasteiger partial charge in [0, 0.05) is 12.1 Å². The van der Waals surface area contributed by atoms with Crippen LogP contribution in [0.4, 0.5) is 10.5 Å². The van der Waals surface area contributed by atoms with Crippen molar-refractivity contribution in [3.63, 3.8) is 0 Å². The molecule has 19 heavy (non-hydrogen) atoms. The molecule has 0 aromatic heterocycles. The molecule has 1 aliphatic heterocycles. The van der Waals surface area contributed by atoms with Crippen LogP contribution in [0.1, 0.15) is 26.3 Å². The Balaban J connectivity index is 2.03. The van der Waals surface area contributed by atoms with Gasteiger partial charge in [0.1, 0.15) is 11.6 Å². The summed E-state index contributed by atoms with van der Waals surface area (Å²) in [6.07, 6.45) is -0.103. The molecule has 0 aliphatic carbocycles. The predicted molar refractivity (Wildman–Crippen MR) is 71.9 cm³/mol. The number of hydrogen-bond acceptors (Lipinski definition) is 3. The number of benzene rings is 1. The molecule has 0 fully saturated rings. The van der Waals surface area contributed by atoms with E-state index >= 15 is 0 Å². The lowest BCUT2D eigenvalue weighted by Crippen LogP contribution is -2.49. The molecule has 0 saturated heterocycles. The smallest absolute Gasteiger partial charge is 0.408 e. The van der Waals surface area contributed by atoms with Gasteiger partial charge in [0.15, 0.2) is 0 Å². The van der Waals surface area contributed by atoms with E-state index in [1.807, 2.05) is 24.3 Å². The van der Waals surface area contributed by atoms with Gasteiger partial charge in [0.2, 0.25) is 5.91 Å². The van der Waals surface area contributed by atoms with E-state index in [4.69, 9.17) is 4.74 Å². The van der Waals surface area contributed by atoms with Gasteiger partial charge in [-0.1, -0.05) is 18.2 Å². The first-order valence-electron chi connectivity index (χ1n) is 6.23. The van der Waals surface area contributed by atoms with Gasteiger partial charge < -0.3 is 15.4 Å². The molecule has 0 unspecified atom stereocenters. The summed E-state index contributed by atoms with van der Waals surface area (Å²) >= 11 is 0. The average Bonchev–Trinajstić information content (AvgIpc) is 2.27. The SMILES string of the molecule is CC(C)(C)OC(=O)N[C@H]1Cc2ccccc2NC1=O. The molecule has 5 heteroatoms. The van der Waals surface area contributed by atoms with E-state index in [0.29, 0.717) is 6.42 Å². The number of rotatable bonds is 1. The molecular formula is C14H18N2O3. The molecule has 5 nitrogen and oxygen atoms in total. The van der Waals surface area contributed by atoms with Gasteiger partial charge in [-0.3, -0.25) is 4.79 Å². The van der Waals surface area contributed by atoms with Crippen molar-refractivity contribution >= 4 is 17.7 Å². The van der Waals surface area contributed by atoms with Gasteiger partial charge in [-0.2, -0.15) is 0 Å². The summed E-state index contributed by atoms with van der Waals surface area (Å²) in [5.74, 6) is -0.218. The van der Waals surface area contributed by atoms with E-state index in [9.17, 15) is 9.59 Å². The van der Waals surface area contributed by atoms with Gasteiger partial charge >= 0.3 is 6.09 Å². The van der Waals surface area contributed by atoms with Crippen molar-refractivity contribution in [1.29, 1.82) is 0 Å². The largest absolute Gasteiger partial charge is 0.444 e. The summed E-state index contributed by atoms with van der Waals surface area (Å²) in [5, 5.41) is 5.36. The summed E-state index contributed by atoms with van der Waals surface area (Å²) in [6.45, 7) is 5.34. The van der Waals surface area contributed by atoms with Gasteiger partial charge in [0.25, 0.3) is 0 Å². The monoisotopic (exact) mass is 262 g/mol. The molecule has 1 aromatic rings. The molecule has 102 valence electrons. The summed E-state index contributed by atoms with van der Waals surface area (Å²) in [5.41, 5.74) is 1.23. The van der Waals surface area contributed by atoms with Crippen LogP contribution in [0.5, 0.6) is 0 Å². The Kier molecular flexibility index (Phi) is 3.46. The first-order valence-corrected chi connectivity index (χ1v) is 6.23. The molecular weight excluding hydrogens is 244 g/mol. The highest BCUT2D eigenvalue weighted by Gasteiger charge is 2.28. The third-order valence-electron chi connectivity index (χ3n) is 2.71. The molecule has 2 amide bonds. The molecule has 0 spiro atoms. The number of fused-ring (bicyclic) bond motifs is 1. The normalized spacial score (nSPS) is 18.3. The Hall–Kier alpha value is -2.04. The summed E-state index contributed by atoms with van der Waals surface area (Å²) in [6, 6.07) is 6.95. The molecule has 1 aromatic carbocycles. The number of anilines is 1. The van der Waals surface area contributed by atoms with Crippen LogP contribution in [0.15, 0.2) is 24.3 Å². The third kappa shape index (κ3) is 3.47. The minimum atomic E-state index is -0.593.